The van der Waals surface area contributed by atoms with Crippen molar-refractivity contribution >= 4 is 12.0 Å². The number of urea groups is 1. The van der Waals surface area contributed by atoms with Crippen molar-refractivity contribution in [2.45, 2.75) is 32.9 Å². The molecule has 0 bridgehead atoms. The van der Waals surface area contributed by atoms with Crippen molar-refractivity contribution in [2.24, 2.45) is 0 Å². The SMILES string of the molecule is C#CCC(C)NC(=O)NCc1cc(C(=O)O)c(C)o1. The van der Waals surface area contributed by atoms with Gasteiger partial charge in [0.25, 0.3) is 0 Å². The fraction of sp³-hybridized carbons (Fsp3) is 0.385. The first-order valence-corrected chi connectivity index (χ1v) is 5.74. The average Bonchev–Trinajstić information content (AvgIpc) is 2.68. The molecule has 0 saturated heterocycles. The van der Waals surface area contributed by atoms with Gasteiger partial charge >= 0.3 is 12.0 Å². The Balaban J connectivity index is 2.49. The normalized spacial score (nSPS) is 11.4. The van der Waals surface area contributed by atoms with E-state index in [0.29, 0.717) is 17.9 Å². The number of rotatable bonds is 5. The second-order valence-electron chi connectivity index (χ2n) is 4.12. The molecule has 1 unspecified atom stereocenters. The molecule has 0 aliphatic rings. The summed E-state index contributed by atoms with van der Waals surface area (Å²) in [6, 6.07) is 0.884. The van der Waals surface area contributed by atoms with Crippen LogP contribution in [0.1, 0.15) is 35.2 Å². The Kier molecular flexibility index (Phi) is 5.01. The molecule has 102 valence electrons. The maximum atomic E-state index is 11.5. The van der Waals surface area contributed by atoms with Crippen LogP contribution in [-0.2, 0) is 6.54 Å². The lowest BCUT2D eigenvalue weighted by Gasteiger charge is -2.11. The summed E-state index contributed by atoms with van der Waals surface area (Å²) in [6.45, 7) is 3.46. The molecule has 0 aromatic carbocycles. The summed E-state index contributed by atoms with van der Waals surface area (Å²) in [6.07, 6.45) is 5.57. The highest BCUT2D eigenvalue weighted by Gasteiger charge is 2.14. The van der Waals surface area contributed by atoms with Crippen LogP contribution in [-0.4, -0.2) is 23.1 Å². The maximum Gasteiger partial charge on any atom is 0.339 e. The van der Waals surface area contributed by atoms with E-state index in [1.807, 2.05) is 0 Å². The van der Waals surface area contributed by atoms with Crippen LogP contribution in [0.5, 0.6) is 0 Å². The van der Waals surface area contributed by atoms with Gasteiger partial charge in [-0.15, -0.1) is 12.3 Å². The molecule has 0 aliphatic carbocycles. The van der Waals surface area contributed by atoms with Crippen LogP contribution in [0.25, 0.3) is 0 Å². The zero-order valence-electron chi connectivity index (χ0n) is 10.8. The fourth-order valence-corrected chi connectivity index (χ4v) is 1.51. The van der Waals surface area contributed by atoms with Crippen molar-refractivity contribution in [2.75, 3.05) is 0 Å². The fourth-order valence-electron chi connectivity index (χ4n) is 1.51. The van der Waals surface area contributed by atoms with Crippen LogP contribution in [0.4, 0.5) is 4.79 Å². The number of carbonyl (C=O) groups is 2. The molecular formula is C13H16N2O4. The molecule has 6 heteroatoms. The first-order chi connectivity index (χ1) is 8.93. The number of carbonyl (C=O) groups excluding carboxylic acids is 1. The number of nitrogens with one attached hydrogen (secondary N) is 2. The van der Waals surface area contributed by atoms with E-state index >= 15 is 0 Å². The van der Waals surface area contributed by atoms with Gasteiger partial charge in [-0.3, -0.25) is 0 Å². The molecule has 1 heterocycles. The number of amides is 2. The summed E-state index contributed by atoms with van der Waals surface area (Å²) < 4.78 is 5.22. The lowest BCUT2D eigenvalue weighted by atomic mass is 10.2. The van der Waals surface area contributed by atoms with Crippen molar-refractivity contribution in [1.82, 2.24) is 10.6 Å². The molecule has 1 aromatic heterocycles. The Morgan fingerprint density at radius 1 is 1.58 bits per heavy atom. The van der Waals surface area contributed by atoms with E-state index in [1.165, 1.54) is 6.07 Å². The number of terminal acetylenes is 1. The molecule has 1 atom stereocenters. The van der Waals surface area contributed by atoms with Gasteiger partial charge in [-0.25, -0.2) is 9.59 Å². The number of aryl methyl sites for hydroxylation is 1. The van der Waals surface area contributed by atoms with Crippen molar-refractivity contribution in [1.29, 1.82) is 0 Å². The Labute approximate surface area is 111 Å². The molecule has 0 saturated carbocycles. The lowest BCUT2D eigenvalue weighted by molar-refractivity contribution is 0.0695. The molecular weight excluding hydrogens is 248 g/mol. The molecule has 0 radical (unpaired) electrons. The van der Waals surface area contributed by atoms with Gasteiger partial charge in [-0.05, 0) is 19.9 Å². The van der Waals surface area contributed by atoms with Crippen LogP contribution in [0, 0.1) is 19.3 Å². The van der Waals surface area contributed by atoms with Crippen LogP contribution >= 0.6 is 0 Å². The van der Waals surface area contributed by atoms with Gasteiger partial charge in [-0.1, -0.05) is 0 Å². The summed E-state index contributed by atoms with van der Waals surface area (Å²) in [5.74, 6) is 2.08. The van der Waals surface area contributed by atoms with E-state index in [1.54, 1.807) is 13.8 Å². The second kappa shape index (κ2) is 6.50. The zero-order valence-corrected chi connectivity index (χ0v) is 10.8. The van der Waals surface area contributed by atoms with Gasteiger partial charge in [0.15, 0.2) is 0 Å². The van der Waals surface area contributed by atoms with Crippen molar-refractivity contribution in [3.8, 4) is 12.3 Å². The van der Waals surface area contributed by atoms with Crippen molar-refractivity contribution in [3.63, 3.8) is 0 Å². The Bertz CT molecular complexity index is 513. The van der Waals surface area contributed by atoms with Gasteiger partial charge in [0.05, 0.1) is 6.54 Å². The highest BCUT2D eigenvalue weighted by Crippen LogP contribution is 2.14. The summed E-state index contributed by atoms with van der Waals surface area (Å²) in [4.78, 5) is 22.3. The van der Waals surface area contributed by atoms with Gasteiger partial charge in [0.1, 0.15) is 17.1 Å². The average molecular weight is 264 g/mol. The predicted octanol–water partition coefficient (Wildman–Crippen LogP) is 1.50. The molecule has 6 nitrogen and oxygen atoms in total. The van der Waals surface area contributed by atoms with Gasteiger partial charge in [0.2, 0.25) is 0 Å². The zero-order chi connectivity index (χ0) is 14.4. The summed E-state index contributed by atoms with van der Waals surface area (Å²) in [5.41, 5.74) is 0.0953. The molecule has 1 rings (SSSR count). The predicted molar refractivity (Wildman–Crippen MR) is 68.7 cm³/mol. The topological polar surface area (TPSA) is 91.6 Å². The third-order valence-corrected chi connectivity index (χ3v) is 2.42. The molecule has 19 heavy (non-hydrogen) atoms. The van der Waals surface area contributed by atoms with Crippen LogP contribution in [0.3, 0.4) is 0 Å². The lowest BCUT2D eigenvalue weighted by Crippen LogP contribution is -2.40. The molecule has 0 spiro atoms. The van der Waals surface area contributed by atoms with E-state index in [-0.39, 0.29) is 24.2 Å². The number of hydrogen-bond donors (Lipinski definition) is 3. The minimum absolute atomic E-state index is 0.0953. The van der Waals surface area contributed by atoms with E-state index in [2.05, 4.69) is 16.6 Å². The van der Waals surface area contributed by atoms with Crippen LogP contribution in [0.15, 0.2) is 10.5 Å². The molecule has 0 aliphatic heterocycles. The number of carboxylic acid groups (broad SMARTS) is 1. The highest BCUT2D eigenvalue weighted by atomic mass is 16.4. The molecule has 2 amide bonds. The third kappa shape index (κ3) is 4.39. The number of furan rings is 1. The van der Waals surface area contributed by atoms with Gasteiger partial charge in [0, 0.05) is 12.5 Å². The maximum absolute atomic E-state index is 11.5. The number of hydrogen-bond acceptors (Lipinski definition) is 3. The number of aromatic carboxylic acids is 1. The monoisotopic (exact) mass is 264 g/mol. The molecule has 3 N–H and O–H groups in total. The minimum Gasteiger partial charge on any atom is -0.478 e. The quantitative estimate of drug-likeness (QED) is 0.703. The first kappa shape index (κ1) is 14.6. The minimum atomic E-state index is -1.06. The summed E-state index contributed by atoms with van der Waals surface area (Å²) >= 11 is 0. The standard InChI is InChI=1S/C13H16N2O4/c1-4-5-8(2)15-13(18)14-7-10-6-11(12(16)17)9(3)19-10/h1,6,8H,5,7H2,2-3H3,(H,16,17)(H2,14,15,18). The van der Waals surface area contributed by atoms with Gasteiger partial charge < -0.3 is 20.2 Å². The van der Waals surface area contributed by atoms with Crippen molar-refractivity contribution in [3.05, 3.63) is 23.2 Å². The van der Waals surface area contributed by atoms with Crippen LogP contribution in [0.2, 0.25) is 0 Å². The molecule has 1 aromatic rings. The second-order valence-corrected chi connectivity index (χ2v) is 4.12. The first-order valence-electron chi connectivity index (χ1n) is 5.74. The van der Waals surface area contributed by atoms with Gasteiger partial charge in [-0.2, -0.15) is 0 Å². The van der Waals surface area contributed by atoms with Crippen LogP contribution < -0.4 is 10.6 Å². The highest BCUT2D eigenvalue weighted by molar-refractivity contribution is 5.88. The van der Waals surface area contributed by atoms with E-state index in [9.17, 15) is 9.59 Å². The Morgan fingerprint density at radius 2 is 2.26 bits per heavy atom. The van der Waals surface area contributed by atoms with E-state index in [4.69, 9.17) is 15.9 Å². The van der Waals surface area contributed by atoms with E-state index in [0.717, 1.165) is 0 Å². The van der Waals surface area contributed by atoms with E-state index < -0.39 is 5.97 Å². The van der Waals surface area contributed by atoms with Crippen molar-refractivity contribution < 1.29 is 19.1 Å². The summed E-state index contributed by atoms with van der Waals surface area (Å²) in [7, 11) is 0. The Morgan fingerprint density at radius 3 is 2.79 bits per heavy atom. The summed E-state index contributed by atoms with van der Waals surface area (Å²) in [5, 5.41) is 14.1. The molecule has 0 fully saturated rings. The smallest absolute Gasteiger partial charge is 0.339 e. The third-order valence-electron chi connectivity index (χ3n) is 2.42. The number of carboxylic acids is 1. The Hall–Kier alpha value is -2.42. The largest absolute Gasteiger partial charge is 0.478 e.